The minimum absolute atomic E-state index is 0.169. The van der Waals surface area contributed by atoms with E-state index in [4.69, 9.17) is 4.52 Å². The van der Waals surface area contributed by atoms with Gasteiger partial charge in [-0.15, -0.1) is 0 Å². The van der Waals surface area contributed by atoms with Crippen molar-refractivity contribution >= 4 is 0 Å². The summed E-state index contributed by atoms with van der Waals surface area (Å²) in [7, 11) is 0. The monoisotopic (exact) mass is 196 g/mol. The Bertz CT molecular complexity index is 304. The molecule has 2 N–H and O–H groups in total. The van der Waals surface area contributed by atoms with E-state index < -0.39 is 0 Å². The minimum Gasteiger partial charge on any atom is -0.338 e. The molecule has 5 heteroatoms. The van der Waals surface area contributed by atoms with Crippen molar-refractivity contribution in [3.63, 3.8) is 0 Å². The normalized spacial score (nSPS) is 27.0. The first-order chi connectivity index (χ1) is 6.68. The van der Waals surface area contributed by atoms with Crippen LogP contribution in [0.15, 0.2) is 4.52 Å². The number of aromatic nitrogens is 2. The summed E-state index contributed by atoms with van der Waals surface area (Å²) in [4.78, 5) is 4.14. The third-order valence-corrected chi connectivity index (χ3v) is 2.60. The summed E-state index contributed by atoms with van der Waals surface area (Å²) < 4.78 is 5.03. The van der Waals surface area contributed by atoms with Crippen molar-refractivity contribution in [3.05, 3.63) is 11.7 Å². The molecule has 78 valence electrons. The minimum atomic E-state index is 0.169. The lowest BCUT2D eigenvalue weighted by Crippen LogP contribution is -2.43. The van der Waals surface area contributed by atoms with E-state index in [9.17, 15) is 0 Å². The Balaban J connectivity index is 1.87. The number of aryl methyl sites for hydroxylation is 1. The van der Waals surface area contributed by atoms with E-state index >= 15 is 0 Å². The fraction of sp³-hybridized carbons (Fsp3) is 0.778. The summed E-state index contributed by atoms with van der Waals surface area (Å²) >= 11 is 0. The fourth-order valence-electron chi connectivity index (χ4n) is 1.67. The second kappa shape index (κ2) is 3.67. The SMILES string of the molecule is Cc1noc(CNC2(C)CCNC2)n1. The number of hydrogen-bond acceptors (Lipinski definition) is 5. The predicted octanol–water partition coefficient (Wildman–Crippen LogP) is 0.220. The van der Waals surface area contributed by atoms with Gasteiger partial charge in [0.1, 0.15) is 0 Å². The lowest BCUT2D eigenvalue weighted by atomic mass is 10.0. The highest BCUT2D eigenvalue weighted by molar-refractivity contribution is 4.93. The maximum atomic E-state index is 5.03. The molecule has 0 radical (unpaired) electrons. The van der Waals surface area contributed by atoms with Crippen molar-refractivity contribution in [3.8, 4) is 0 Å². The van der Waals surface area contributed by atoms with E-state index in [1.54, 1.807) is 0 Å². The number of nitrogens with one attached hydrogen (secondary N) is 2. The first-order valence-corrected chi connectivity index (χ1v) is 4.93. The molecule has 0 saturated carbocycles. The molecule has 1 aliphatic heterocycles. The highest BCUT2D eigenvalue weighted by atomic mass is 16.5. The fourth-order valence-corrected chi connectivity index (χ4v) is 1.67. The van der Waals surface area contributed by atoms with Crippen LogP contribution >= 0.6 is 0 Å². The maximum Gasteiger partial charge on any atom is 0.240 e. The van der Waals surface area contributed by atoms with Gasteiger partial charge in [-0.25, -0.2) is 0 Å². The molecule has 0 aromatic carbocycles. The first kappa shape index (κ1) is 9.61. The molecule has 1 atom stereocenters. The van der Waals surface area contributed by atoms with E-state index in [-0.39, 0.29) is 5.54 Å². The van der Waals surface area contributed by atoms with Gasteiger partial charge in [0, 0.05) is 12.1 Å². The van der Waals surface area contributed by atoms with Crippen molar-refractivity contribution in [2.24, 2.45) is 0 Å². The zero-order valence-electron chi connectivity index (χ0n) is 8.63. The first-order valence-electron chi connectivity index (χ1n) is 4.93. The number of hydrogen-bond donors (Lipinski definition) is 2. The summed E-state index contributed by atoms with van der Waals surface area (Å²) in [5, 5.41) is 10.5. The third-order valence-electron chi connectivity index (χ3n) is 2.60. The second-order valence-electron chi connectivity index (χ2n) is 4.08. The summed E-state index contributed by atoms with van der Waals surface area (Å²) in [6.45, 7) is 6.76. The largest absolute Gasteiger partial charge is 0.338 e. The zero-order chi connectivity index (χ0) is 10.0. The summed E-state index contributed by atoms with van der Waals surface area (Å²) in [6.07, 6.45) is 1.14. The number of rotatable bonds is 3. The van der Waals surface area contributed by atoms with E-state index in [1.165, 1.54) is 0 Å². The Morgan fingerprint density at radius 1 is 1.64 bits per heavy atom. The molecular formula is C9H16N4O. The smallest absolute Gasteiger partial charge is 0.240 e. The lowest BCUT2D eigenvalue weighted by molar-refractivity contribution is 0.322. The Morgan fingerprint density at radius 2 is 2.50 bits per heavy atom. The lowest BCUT2D eigenvalue weighted by Gasteiger charge is -2.23. The van der Waals surface area contributed by atoms with Gasteiger partial charge in [0.25, 0.3) is 0 Å². The van der Waals surface area contributed by atoms with E-state index in [0.717, 1.165) is 19.5 Å². The molecule has 0 aliphatic carbocycles. The van der Waals surface area contributed by atoms with Crippen LogP contribution in [0, 0.1) is 6.92 Å². The average Bonchev–Trinajstić information content (AvgIpc) is 2.73. The van der Waals surface area contributed by atoms with Crippen LogP contribution in [-0.2, 0) is 6.54 Å². The summed E-state index contributed by atoms with van der Waals surface area (Å²) in [5.41, 5.74) is 0.169. The van der Waals surface area contributed by atoms with Gasteiger partial charge in [-0.05, 0) is 26.8 Å². The molecule has 1 aromatic heterocycles. The molecule has 14 heavy (non-hydrogen) atoms. The molecule has 2 heterocycles. The molecule has 0 bridgehead atoms. The van der Waals surface area contributed by atoms with Crippen LogP contribution < -0.4 is 10.6 Å². The molecule has 5 nitrogen and oxygen atoms in total. The quantitative estimate of drug-likeness (QED) is 0.724. The average molecular weight is 196 g/mol. The molecule has 1 fully saturated rings. The maximum absolute atomic E-state index is 5.03. The van der Waals surface area contributed by atoms with Crippen molar-refractivity contribution in [1.82, 2.24) is 20.8 Å². The number of nitrogens with zero attached hydrogens (tertiary/aromatic N) is 2. The van der Waals surface area contributed by atoms with Gasteiger partial charge in [-0.2, -0.15) is 4.98 Å². The standard InChI is InChI=1S/C9H16N4O/c1-7-12-8(14-13-7)5-11-9(2)3-4-10-6-9/h10-11H,3-6H2,1-2H3. The Kier molecular flexibility index (Phi) is 2.52. The van der Waals surface area contributed by atoms with Gasteiger partial charge < -0.3 is 15.2 Å². The van der Waals surface area contributed by atoms with Crippen LogP contribution in [0.2, 0.25) is 0 Å². The highest BCUT2D eigenvalue weighted by Gasteiger charge is 2.27. The van der Waals surface area contributed by atoms with Gasteiger partial charge in [0.15, 0.2) is 5.82 Å². The molecule has 0 spiro atoms. The van der Waals surface area contributed by atoms with Crippen LogP contribution in [0.25, 0.3) is 0 Å². The molecule has 1 unspecified atom stereocenters. The summed E-state index contributed by atoms with van der Waals surface area (Å²) in [6, 6.07) is 0. The van der Waals surface area contributed by atoms with Crippen LogP contribution in [0.4, 0.5) is 0 Å². The molecule has 1 aromatic rings. The van der Waals surface area contributed by atoms with Gasteiger partial charge in [0.05, 0.1) is 6.54 Å². The zero-order valence-corrected chi connectivity index (χ0v) is 8.63. The van der Waals surface area contributed by atoms with Crippen molar-refractivity contribution < 1.29 is 4.52 Å². The van der Waals surface area contributed by atoms with E-state index in [2.05, 4.69) is 27.7 Å². The van der Waals surface area contributed by atoms with Gasteiger partial charge in [-0.3, -0.25) is 0 Å². The van der Waals surface area contributed by atoms with Crippen molar-refractivity contribution in [2.75, 3.05) is 13.1 Å². The molecule has 1 saturated heterocycles. The summed E-state index contributed by atoms with van der Waals surface area (Å²) in [5.74, 6) is 1.35. The second-order valence-corrected chi connectivity index (χ2v) is 4.08. The molecular weight excluding hydrogens is 180 g/mol. The van der Waals surface area contributed by atoms with Crippen LogP contribution in [0.5, 0.6) is 0 Å². The Morgan fingerprint density at radius 3 is 3.07 bits per heavy atom. The topological polar surface area (TPSA) is 63.0 Å². The molecule has 2 rings (SSSR count). The van der Waals surface area contributed by atoms with E-state index in [0.29, 0.717) is 18.3 Å². The molecule has 1 aliphatic rings. The Hall–Kier alpha value is -0.940. The predicted molar refractivity (Wildman–Crippen MR) is 51.8 cm³/mol. The van der Waals surface area contributed by atoms with Crippen molar-refractivity contribution in [2.45, 2.75) is 32.4 Å². The highest BCUT2D eigenvalue weighted by Crippen LogP contribution is 2.13. The third kappa shape index (κ3) is 2.10. The van der Waals surface area contributed by atoms with Crippen LogP contribution in [0.1, 0.15) is 25.1 Å². The van der Waals surface area contributed by atoms with Gasteiger partial charge >= 0.3 is 0 Å². The van der Waals surface area contributed by atoms with Crippen molar-refractivity contribution in [1.29, 1.82) is 0 Å². The van der Waals surface area contributed by atoms with Crippen LogP contribution in [-0.4, -0.2) is 28.8 Å². The molecule has 0 amide bonds. The van der Waals surface area contributed by atoms with Gasteiger partial charge in [-0.1, -0.05) is 5.16 Å². The Labute approximate surface area is 83.3 Å². The van der Waals surface area contributed by atoms with Crippen LogP contribution in [0.3, 0.4) is 0 Å². The van der Waals surface area contributed by atoms with E-state index in [1.807, 2.05) is 6.92 Å². The van der Waals surface area contributed by atoms with Gasteiger partial charge in [0.2, 0.25) is 5.89 Å².